The van der Waals surface area contributed by atoms with E-state index < -0.39 is 6.04 Å². The SMILES string of the molecule is CCC(C)N1C(=O)CC(Nc2cccc(Br)c2)C1=O. The van der Waals surface area contributed by atoms with Crippen LogP contribution in [0.4, 0.5) is 5.69 Å². The van der Waals surface area contributed by atoms with Gasteiger partial charge in [0.05, 0.1) is 6.42 Å². The van der Waals surface area contributed by atoms with E-state index in [9.17, 15) is 9.59 Å². The van der Waals surface area contributed by atoms with Gasteiger partial charge in [0.1, 0.15) is 6.04 Å². The van der Waals surface area contributed by atoms with Crippen molar-refractivity contribution in [3.8, 4) is 0 Å². The van der Waals surface area contributed by atoms with Crippen molar-refractivity contribution < 1.29 is 9.59 Å². The Morgan fingerprint density at radius 1 is 1.47 bits per heavy atom. The van der Waals surface area contributed by atoms with Crippen molar-refractivity contribution in [1.29, 1.82) is 0 Å². The Hall–Kier alpha value is -1.36. The number of nitrogens with one attached hydrogen (secondary N) is 1. The van der Waals surface area contributed by atoms with Gasteiger partial charge in [-0.3, -0.25) is 14.5 Å². The van der Waals surface area contributed by atoms with E-state index in [1.54, 1.807) is 0 Å². The lowest BCUT2D eigenvalue weighted by molar-refractivity contribution is -0.140. The molecule has 1 N–H and O–H groups in total. The lowest BCUT2D eigenvalue weighted by atomic mass is 10.2. The summed E-state index contributed by atoms with van der Waals surface area (Å²) in [5.74, 6) is -0.217. The van der Waals surface area contributed by atoms with Crippen molar-refractivity contribution in [1.82, 2.24) is 4.90 Å². The summed E-state index contributed by atoms with van der Waals surface area (Å²) in [6.07, 6.45) is 1.01. The van der Waals surface area contributed by atoms with E-state index >= 15 is 0 Å². The van der Waals surface area contributed by atoms with E-state index in [4.69, 9.17) is 0 Å². The van der Waals surface area contributed by atoms with Gasteiger partial charge in [-0.25, -0.2) is 0 Å². The molecule has 4 nitrogen and oxygen atoms in total. The highest BCUT2D eigenvalue weighted by Gasteiger charge is 2.40. The summed E-state index contributed by atoms with van der Waals surface area (Å²) in [4.78, 5) is 25.5. The molecule has 19 heavy (non-hydrogen) atoms. The fourth-order valence-electron chi connectivity index (χ4n) is 2.19. The van der Waals surface area contributed by atoms with Gasteiger partial charge < -0.3 is 5.32 Å². The summed E-state index contributed by atoms with van der Waals surface area (Å²) in [6.45, 7) is 3.87. The Morgan fingerprint density at radius 2 is 2.21 bits per heavy atom. The van der Waals surface area contributed by atoms with Crippen LogP contribution in [0.5, 0.6) is 0 Å². The van der Waals surface area contributed by atoms with Gasteiger partial charge in [-0.15, -0.1) is 0 Å². The van der Waals surface area contributed by atoms with Crippen LogP contribution in [0.1, 0.15) is 26.7 Å². The van der Waals surface area contributed by atoms with Crippen LogP contribution < -0.4 is 5.32 Å². The van der Waals surface area contributed by atoms with E-state index in [-0.39, 0.29) is 24.3 Å². The minimum absolute atomic E-state index is 0.0330. The van der Waals surface area contributed by atoms with Crippen molar-refractivity contribution in [2.75, 3.05) is 5.32 Å². The number of hydrogen-bond donors (Lipinski definition) is 1. The Bertz CT molecular complexity index is 504. The molecule has 2 atom stereocenters. The number of benzene rings is 1. The van der Waals surface area contributed by atoms with Crippen LogP contribution in [-0.4, -0.2) is 28.8 Å². The number of rotatable bonds is 4. The Balaban J connectivity index is 2.11. The zero-order valence-electron chi connectivity index (χ0n) is 11.0. The molecule has 1 heterocycles. The molecule has 0 bridgehead atoms. The molecule has 2 amide bonds. The first kappa shape index (κ1) is 14.1. The zero-order chi connectivity index (χ0) is 14.0. The Kier molecular flexibility index (Phi) is 4.24. The minimum Gasteiger partial charge on any atom is -0.373 e. The van der Waals surface area contributed by atoms with Crippen LogP contribution in [0.2, 0.25) is 0 Å². The van der Waals surface area contributed by atoms with Gasteiger partial charge in [-0.2, -0.15) is 0 Å². The highest BCUT2D eigenvalue weighted by Crippen LogP contribution is 2.23. The van der Waals surface area contributed by atoms with Gasteiger partial charge in [-0.05, 0) is 31.5 Å². The fourth-order valence-corrected chi connectivity index (χ4v) is 2.59. The molecule has 0 aromatic heterocycles. The van der Waals surface area contributed by atoms with Crippen LogP contribution in [0, 0.1) is 0 Å². The van der Waals surface area contributed by atoms with E-state index in [1.165, 1.54) is 4.90 Å². The molecule has 1 aliphatic heterocycles. The summed E-state index contributed by atoms with van der Waals surface area (Å²) in [5.41, 5.74) is 0.839. The van der Waals surface area contributed by atoms with Crippen LogP contribution in [0.25, 0.3) is 0 Å². The van der Waals surface area contributed by atoms with Crippen LogP contribution >= 0.6 is 15.9 Å². The topological polar surface area (TPSA) is 49.4 Å². The van der Waals surface area contributed by atoms with E-state index in [1.807, 2.05) is 38.1 Å². The number of anilines is 1. The van der Waals surface area contributed by atoms with Gasteiger partial charge in [0, 0.05) is 16.2 Å². The van der Waals surface area contributed by atoms with Gasteiger partial charge in [0.25, 0.3) is 5.91 Å². The fraction of sp³-hybridized carbons (Fsp3) is 0.429. The monoisotopic (exact) mass is 324 g/mol. The molecule has 1 aliphatic rings. The third-order valence-electron chi connectivity index (χ3n) is 3.38. The summed E-state index contributed by atoms with van der Waals surface area (Å²) < 4.78 is 0.938. The number of nitrogens with zero attached hydrogens (tertiary/aromatic N) is 1. The molecular weight excluding hydrogens is 308 g/mol. The lowest BCUT2D eigenvalue weighted by Crippen LogP contribution is -2.40. The van der Waals surface area contributed by atoms with Crippen LogP contribution in [0.15, 0.2) is 28.7 Å². The molecule has 1 saturated heterocycles. The third-order valence-corrected chi connectivity index (χ3v) is 3.87. The molecule has 2 rings (SSSR count). The average Bonchev–Trinajstić information content (AvgIpc) is 2.64. The molecule has 1 aromatic carbocycles. The predicted octanol–water partition coefficient (Wildman–Crippen LogP) is 2.79. The van der Waals surface area contributed by atoms with Gasteiger partial charge >= 0.3 is 0 Å². The number of carbonyl (C=O) groups is 2. The molecular formula is C14H17BrN2O2. The molecule has 102 valence electrons. The van der Waals surface area contributed by atoms with Gasteiger partial charge in [0.15, 0.2) is 0 Å². The van der Waals surface area contributed by atoms with Crippen LogP contribution in [-0.2, 0) is 9.59 Å². The summed E-state index contributed by atoms with van der Waals surface area (Å²) in [5, 5.41) is 3.13. The predicted molar refractivity (Wildman–Crippen MR) is 77.8 cm³/mol. The van der Waals surface area contributed by atoms with Crippen LogP contribution in [0.3, 0.4) is 0 Å². The smallest absolute Gasteiger partial charge is 0.252 e. The van der Waals surface area contributed by atoms with E-state index in [0.717, 1.165) is 16.6 Å². The normalized spacial score (nSPS) is 20.8. The quantitative estimate of drug-likeness (QED) is 0.866. The molecule has 1 fully saturated rings. The first-order chi connectivity index (χ1) is 9.02. The molecule has 0 spiro atoms. The summed E-state index contributed by atoms with van der Waals surface area (Å²) >= 11 is 3.38. The average molecular weight is 325 g/mol. The number of hydrogen-bond acceptors (Lipinski definition) is 3. The Morgan fingerprint density at radius 3 is 2.84 bits per heavy atom. The first-order valence-electron chi connectivity index (χ1n) is 6.41. The second kappa shape index (κ2) is 5.74. The van der Waals surface area contributed by atoms with Crippen molar-refractivity contribution in [2.45, 2.75) is 38.8 Å². The van der Waals surface area contributed by atoms with Crippen molar-refractivity contribution in [3.63, 3.8) is 0 Å². The maximum absolute atomic E-state index is 12.2. The minimum atomic E-state index is -0.448. The molecule has 5 heteroatoms. The van der Waals surface area contributed by atoms with Gasteiger partial charge in [0.2, 0.25) is 5.91 Å². The van der Waals surface area contributed by atoms with E-state index in [0.29, 0.717) is 0 Å². The Labute approximate surface area is 121 Å². The van der Waals surface area contributed by atoms with Crippen molar-refractivity contribution in [3.05, 3.63) is 28.7 Å². The van der Waals surface area contributed by atoms with Gasteiger partial charge in [-0.1, -0.05) is 28.9 Å². The molecule has 0 saturated carbocycles. The maximum Gasteiger partial charge on any atom is 0.252 e. The first-order valence-corrected chi connectivity index (χ1v) is 7.20. The standard InChI is InChI=1S/C14H17BrN2O2/c1-3-9(2)17-13(18)8-12(14(17)19)16-11-6-4-5-10(15)7-11/h4-7,9,12,16H,3,8H2,1-2H3. The van der Waals surface area contributed by atoms with E-state index in [2.05, 4.69) is 21.2 Å². The maximum atomic E-state index is 12.2. The number of likely N-dealkylation sites (tertiary alicyclic amines) is 1. The molecule has 2 unspecified atom stereocenters. The second-order valence-corrected chi connectivity index (χ2v) is 5.69. The largest absolute Gasteiger partial charge is 0.373 e. The highest BCUT2D eigenvalue weighted by atomic mass is 79.9. The molecule has 1 aromatic rings. The number of amides is 2. The zero-order valence-corrected chi connectivity index (χ0v) is 12.6. The molecule has 0 aliphatic carbocycles. The summed E-state index contributed by atoms with van der Waals surface area (Å²) in [6, 6.07) is 7.10. The number of halogens is 1. The highest BCUT2D eigenvalue weighted by molar-refractivity contribution is 9.10. The second-order valence-electron chi connectivity index (χ2n) is 4.77. The lowest BCUT2D eigenvalue weighted by Gasteiger charge is -2.21. The third kappa shape index (κ3) is 2.97. The summed E-state index contributed by atoms with van der Waals surface area (Å²) in [7, 11) is 0. The number of imide groups is 1. The molecule has 0 radical (unpaired) electrons. The van der Waals surface area contributed by atoms with Crippen molar-refractivity contribution in [2.24, 2.45) is 0 Å². The van der Waals surface area contributed by atoms with Crippen molar-refractivity contribution >= 4 is 33.4 Å². The number of carbonyl (C=O) groups excluding carboxylic acids is 2.